The van der Waals surface area contributed by atoms with Crippen molar-refractivity contribution in [1.82, 2.24) is 5.32 Å². The first-order valence-electron chi connectivity index (χ1n) is 11.9. The van der Waals surface area contributed by atoms with Crippen molar-refractivity contribution < 1.29 is 28.5 Å². The van der Waals surface area contributed by atoms with Gasteiger partial charge in [-0.2, -0.15) is 0 Å². The zero-order valence-electron chi connectivity index (χ0n) is 20.0. The maximum atomic E-state index is 12.3. The standard InChI is InChI=1S/C27H32N2O6/c1-20-2-6-23(7-3-20)26-29-24(27(30)35-26)18-21-4-8-22(9-5-21)25-19-33-17-16-32-15-14-31-12-10-28-11-13-34-25/h2-9,18,25,28H,10-17,19H2,1H3. The molecular formula is C27H32N2O6. The molecular weight excluding hydrogens is 448 g/mol. The molecule has 1 N–H and O–H groups in total. The molecule has 1 atom stereocenters. The fourth-order valence-electron chi connectivity index (χ4n) is 3.61. The number of aliphatic imine (C=N–C) groups is 1. The summed E-state index contributed by atoms with van der Waals surface area (Å²) in [6.07, 6.45) is 1.52. The molecule has 0 spiro atoms. The predicted octanol–water partition coefficient (Wildman–Crippen LogP) is 3.05. The number of esters is 1. The fraction of sp³-hybridized carbons (Fsp3) is 0.407. The number of rotatable bonds is 3. The third kappa shape index (κ3) is 7.81. The van der Waals surface area contributed by atoms with E-state index in [4.69, 9.17) is 23.7 Å². The van der Waals surface area contributed by atoms with Crippen LogP contribution in [0, 0.1) is 6.92 Å². The molecule has 2 aromatic rings. The van der Waals surface area contributed by atoms with Gasteiger partial charge in [-0.3, -0.25) is 0 Å². The Balaban J connectivity index is 1.40. The summed E-state index contributed by atoms with van der Waals surface area (Å²) in [6.45, 7) is 7.27. The van der Waals surface area contributed by atoms with E-state index in [2.05, 4.69) is 10.3 Å². The van der Waals surface area contributed by atoms with Gasteiger partial charge in [-0.05, 0) is 36.3 Å². The molecule has 35 heavy (non-hydrogen) atoms. The topological polar surface area (TPSA) is 87.6 Å². The lowest BCUT2D eigenvalue weighted by Gasteiger charge is -2.19. The lowest BCUT2D eigenvalue weighted by atomic mass is 10.1. The third-order valence-corrected chi connectivity index (χ3v) is 5.56. The van der Waals surface area contributed by atoms with Gasteiger partial charge in [-0.25, -0.2) is 9.79 Å². The number of ether oxygens (including phenoxy) is 5. The maximum Gasteiger partial charge on any atom is 0.363 e. The fourth-order valence-corrected chi connectivity index (χ4v) is 3.61. The van der Waals surface area contributed by atoms with E-state index in [0.29, 0.717) is 52.1 Å². The van der Waals surface area contributed by atoms with Gasteiger partial charge in [0, 0.05) is 18.7 Å². The molecule has 8 nitrogen and oxygen atoms in total. The van der Waals surface area contributed by atoms with Crippen molar-refractivity contribution in [1.29, 1.82) is 0 Å². The highest BCUT2D eigenvalue weighted by atomic mass is 16.6. The molecule has 0 aliphatic carbocycles. The van der Waals surface area contributed by atoms with Crippen LogP contribution in [0.2, 0.25) is 0 Å². The van der Waals surface area contributed by atoms with Gasteiger partial charge in [0.15, 0.2) is 5.70 Å². The number of carbonyl (C=O) groups excluding carboxylic acids is 1. The van der Waals surface area contributed by atoms with E-state index in [-0.39, 0.29) is 11.8 Å². The van der Waals surface area contributed by atoms with Crippen LogP contribution in [0.25, 0.3) is 6.08 Å². The highest BCUT2D eigenvalue weighted by molar-refractivity contribution is 6.12. The van der Waals surface area contributed by atoms with Crippen LogP contribution in [0.1, 0.15) is 28.4 Å². The lowest BCUT2D eigenvalue weighted by Crippen LogP contribution is -2.25. The second-order valence-electron chi connectivity index (χ2n) is 8.28. The second kappa shape index (κ2) is 13.3. The van der Waals surface area contributed by atoms with Crippen LogP contribution in [-0.4, -0.2) is 71.2 Å². The van der Waals surface area contributed by atoms with Gasteiger partial charge in [0.05, 0.1) is 46.2 Å². The summed E-state index contributed by atoms with van der Waals surface area (Å²) in [6, 6.07) is 15.5. The van der Waals surface area contributed by atoms with Gasteiger partial charge in [-0.1, -0.05) is 42.0 Å². The summed E-state index contributed by atoms with van der Waals surface area (Å²) < 4.78 is 28.2. The molecule has 4 rings (SSSR count). The number of nitrogens with one attached hydrogen (secondary N) is 1. The van der Waals surface area contributed by atoms with E-state index < -0.39 is 5.97 Å². The molecule has 0 amide bonds. The number of hydrogen-bond donors (Lipinski definition) is 1. The Labute approximate surface area is 205 Å². The van der Waals surface area contributed by atoms with E-state index in [0.717, 1.165) is 35.3 Å². The molecule has 1 unspecified atom stereocenters. The van der Waals surface area contributed by atoms with Gasteiger partial charge in [0.25, 0.3) is 0 Å². The summed E-state index contributed by atoms with van der Waals surface area (Å²) in [4.78, 5) is 16.7. The van der Waals surface area contributed by atoms with Gasteiger partial charge in [0.2, 0.25) is 5.90 Å². The van der Waals surface area contributed by atoms with Crippen LogP contribution in [0.3, 0.4) is 0 Å². The Morgan fingerprint density at radius 2 is 1.54 bits per heavy atom. The first-order valence-corrected chi connectivity index (χ1v) is 11.9. The Morgan fingerprint density at radius 1 is 0.857 bits per heavy atom. The molecule has 2 aliphatic heterocycles. The molecule has 1 saturated heterocycles. The normalized spacial score (nSPS) is 22.2. The average molecular weight is 481 g/mol. The Hall–Kier alpha value is -2.88. The minimum absolute atomic E-state index is 0.206. The predicted molar refractivity (Wildman–Crippen MR) is 132 cm³/mol. The largest absolute Gasteiger partial charge is 0.402 e. The van der Waals surface area contributed by atoms with E-state index >= 15 is 0 Å². The number of hydrogen-bond acceptors (Lipinski definition) is 8. The van der Waals surface area contributed by atoms with Gasteiger partial charge in [0.1, 0.15) is 6.10 Å². The van der Waals surface area contributed by atoms with Crippen molar-refractivity contribution in [3.8, 4) is 0 Å². The van der Waals surface area contributed by atoms with Crippen molar-refractivity contribution in [3.05, 3.63) is 76.5 Å². The smallest absolute Gasteiger partial charge is 0.363 e. The van der Waals surface area contributed by atoms with Gasteiger partial charge >= 0.3 is 5.97 Å². The summed E-state index contributed by atoms with van der Waals surface area (Å²) in [5.74, 6) is -0.133. The monoisotopic (exact) mass is 480 g/mol. The van der Waals surface area contributed by atoms with E-state index in [1.54, 1.807) is 6.08 Å². The van der Waals surface area contributed by atoms with Crippen molar-refractivity contribution in [2.24, 2.45) is 4.99 Å². The summed E-state index contributed by atoms with van der Waals surface area (Å²) in [7, 11) is 0. The van der Waals surface area contributed by atoms with E-state index in [9.17, 15) is 4.79 Å². The second-order valence-corrected chi connectivity index (χ2v) is 8.28. The first-order chi connectivity index (χ1) is 17.2. The highest BCUT2D eigenvalue weighted by Crippen LogP contribution is 2.22. The van der Waals surface area contributed by atoms with Crippen LogP contribution in [0.15, 0.2) is 59.2 Å². The molecule has 1 fully saturated rings. The Morgan fingerprint density at radius 3 is 2.31 bits per heavy atom. The number of nitrogens with zero attached hydrogens (tertiary/aromatic N) is 1. The Bertz CT molecular complexity index is 1000. The van der Waals surface area contributed by atoms with Gasteiger partial charge in [-0.15, -0.1) is 0 Å². The van der Waals surface area contributed by atoms with E-state index in [1.807, 2.05) is 55.5 Å². The summed E-state index contributed by atoms with van der Waals surface area (Å²) in [5.41, 5.74) is 4.03. The quantitative estimate of drug-likeness (QED) is 0.534. The lowest BCUT2D eigenvalue weighted by molar-refractivity contribution is -0.129. The van der Waals surface area contributed by atoms with Crippen LogP contribution < -0.4 is 5.32 Å². The van der Waals surface area contributed by atoms with Crippen molar-refractivity contribution >= 4 is 17.9 Å². The summed E-state index contributed by atoms with van der Waals surface area (Å²) in [5, 5.41) is 3.30. The van der Waals surface area contributed by atoms with Crippen molar-refractivity contribution in [2.75, 3.05) is 59.3 Å². The molecule has 8 heteroatoms. The molecule has 0 aromatic heterocycles. The number of cyclic esters (lactones) is 1. The Kier molecular flexibility index (Phi) is 9.56. The van der Waals surface area contributed by atoms with Crippen LogP contribution in [0.4, 0.5) is 0 Å². The maximum absolute atomic E-state index is 12.3. The SMILES string of the molecule is Cc1ccc(C2=NC(=Cc3ccc(C4COCCOCCOCCNCCO4)cc3)C(=O)O2)cc1. The average Bonchev–Trinajstić information content (AvgIpc) is 3.22. The molecule has 2 heterocycles. The zero-order valence-corrected chi connectivity index (χ0v) is 20.0. The zero-order chi connectivity index (χ0) is 24.3. The first kappa shape index (κ1) is 25.2. The molecule has 0 saturated carbocycles. The van der Waals surface area contributed by atoms with Gasteiger partial charge < -0.3 is 29.0 Å². The number of benzene rings is 2. The molecule has 2 aromatic carbocycles. The highest BCUT2D eigenvalue weighted by Gasteiger charge is 2.24. The molecule has 0 radical (unpaired) electrons. The van der Waals surface area contributed by atoms with Crippen molar-refractivity contribution in [3.63, 3.8) is 0 Å². The minimum atomic E-state index is -0.455. The third-order valence-electron chi connectivity index (χ3n) is 5.56. The number of carbonyl (C=O) groups is 1. The van der Waals surface area contributed by atoms with Crippen LogP contribution in [-0.2, 0) is 28.5 Å². The minimum Gasteiger partial charge on any atom is -0.402 e. The molecule has 0 bridgehead atoms. The molecule has 2 aliphatic rings. The summed E-state index contributed by atoms with van der Waals surface area (Å²) >= 11 is 0. The van der Waals surface area contributed by atoms with Crippen molar-refractivity contribution in [2.45, 2.75) is 13.0 Å². The van der Waals surface area contributed by atoms with Crippen LogP contribution in [0.5, 0.6) is 0 Å². The van der Waals surface area contributed by atoms with E-state index in [1.165, 1.54) is 0 Å². The van der Waals surface area contributed by atoms with Crippen LogP contribution >= 0.6 is 0 Å². The molecule has 186 valence electrons. The number of aryl methyl sites for hydroxylation is 1.